The van der Waals surface area contributed by atoms with E-state index in [-0.39, 0.29) is 23.8 Å². The van der Waals surface area contributed by atoms with Crippen molar-refractivity contribution in [2.45, 2.75) is 31.7 Å². The highest BCUT2D eigenvalue weighted by molar-refractivity contribution is 6.00. The van der Waals surface area contributed by atoms with E-state index in [4.69, 9.17) is 9.84 Å². The zero-order valence-electron chi connectivity index (χ0n) is 20.2. The van der Waals surface area contributed by atoms with E-state index < -0.39 is 0 Å². The van der Waals surface area contributed by atoms with Gasteiger partial charge in [0.2, 0.25) is 11.8 Å². The Balaban J connectivity index is 1.40. The topological polar surface area (TPSA) is 116 Å². The Labute approximate surface area is 207 Å². The molecule has 4 heterocycles. The van der Waals surface area contributed by atoms with E-state index in [0.717, 1.165) is 59.0 Å². The monoisotopic (exact) mass is 485 g/mol. The van der Waals surface area contributed by atoms with Gasteiger partial charge in [0.15, 0.2) is 0 Å². The van der Waals surface area contributed by atoms with Crippen LogP contribution in [0.15, 0.2) is 42.9 Å². The molecule has 2 N–H and O–H groups in total. The average molecular weight is 486 g/mol. The minimum Gasteiger partial charge on any atom is -0.495 e. The van der Waals surface area contributed by atoms with Crippen LogP contribution in [0.4, 0.5) is 5.82 Å². The lowest BCUT2D eigenvalue weighted by atomic mass is 10.0. The first kappa shape index (κ1) is 22.3. The summed E-state index contributed by atoms with van der Waals surface area (Å²) in [6.07, 6.45) is 8.92. The Morgan fingerprint density at radius 1 is 1.19 bits per heavy atom. The van der Waals surface area contributed by atoms with Crippen molar-refractivity contribution in [3.05, 3.63) is 42.9 Å². The molecule has 1 aliphatic carbocycles. The van der Waals surface area contributed by atoms with Gasteiger partial charge in [0.05, 0.1) is 25.0 Å². The molecule has 1 saturated heterocycles. The van der Waals surface area contributed by atoms with Crippen molar-refractivity contribution in [2.75, 3.05) is 19.0 Å². The second-order valence-corrected chi connectivity index (χ2v) is 9.37. The predicted molar refractivity (Wildman–Crippen MR) is 134 cm³/mol. The number of pyridine rings is 1. The minimum absolute atomic E-state index is 0.00485. The normalized spacial score (nSPS) is 17.7. The maximum atomic E-state index is 12.3. The molecule has 10 heteroatoms. The van der Waals surface area contributed by atoms with Gasteiger partial charge in [0.25, 0.3) is 0 Å². The molecule has 3 aromatic heterocycles. The maximum Gasteiger partial charge on any atom is 0.244 e. The molecule has 36 heavy (non-hydrogen) atoms. The zero-order valence-corrected chi connectivity index (χ0v) is 20.2. The predicted octanol–water partition coefficient (Wildman–Crippen LogP) is 3.31. The molecule has 1 atom stereocenters. The Hall–Kier alpha value is -4.21. The molecule has 10 nitrogen and oxygen atoms in total. The molecule has 1 saturated carbocycles. The number of fused-ring (bicyclic) bond motifs is 1. The average Bonchev–Trinajstić information content (AvgIpc) is 3.55. The van der Waals surface area contributed by atoms with Crippen LogP contribution < -0.4 is 15.4 Å². The molecule has 0 unspecified atom stereocenters. The second kappa shape index (κ2) is 8.78. The summed E-state index contributed by atoms with van der Waals surface area (Å²) in [5.41, 5.74) is 4.10. The van der Waals surface area contributed by atoms with Crippen LogP contribution in [-0.4, -0.2) is 50.0 Å². The number of para-hydroxylation sites is 1. The van der Waals surface area contributed by atoms with E-state index in [1.807, 2.05) is 37.5 Å². The summed E-state index contributed by atoms with van der Waals surface area (Å²) in [7, 11) is 3.50. The molecular weight excluding hydrogens is 458 g/mol. The van der Waals surface area contributed by atoms with Gasteiger partial charge in [-0.2, -0.15) is 10.2 Å². The van der Waals surface area contributed by atoms with E-state index in [9.17, 15) is 9.59 Å². The molecule has 2 amide bonds. The standard InChI is InChI=1S/C26H27N7O3/c1-32-21-13-28-22(30-25(34)15-8-9-15)11-19(21)23(31-32)18-6-3-5-17(24(18)36-2)16-12-29-33(14-16)20-7-4-10-27-26(20)35/h3,5-6,11-15,20H,4,7-10H2,1-2H3,(H,27,35)(H,28,30,34)/t20-/m1/s1. The Bertz CT molecular complexity index is 1480. The molecule has 0 radical (unpaired) electrons. The van der Waals surface area contributed by atoms with Crippen LogP contribution in [-0.2, 0) is 16.6 Å². The number of nitrogens with zero attached hydrogens (tertiary/aromatic N) is 5. The highest BCUT2D eigenvalue weighted by Crippen LogP contribution is 2.41. The number of anilines is 1. The van der Waals surface area contributed by atoms with E-state index in [1.54, 1.807) is 28.9 Å². The smallest absolute Gasteiger partial charge is 0.244 e. The van der Waals surface area contributed by atoms with E-state index in [2.05, 4.69) is 20.7 Å². The van der Waals surface area contributed by atoms with Crippen molar-refractivity contribution in [2.24, 2.45) is 13.0 Å². The molecular formula is C26H27N7O3. The lowest BCUT2D eigenvalue weighted by Crippen LogP contribution is -2.38. The van der Waals surface area contributed by atoms with E-state index >= 15 is 0 Å². The molecule has 4 aromatic rings. The van der Waals surface area contributed by atoms with Crippen LogP contribution in [0, 0.1) is 5.92 Å². The van der Waals surface area contributed by atoms with Gasteiger partial charge in [-0.15, -0.1) is 0 Å². The SMILES string of the molecule is COc1c(-c2cnn([C@@H]3CCCNC3=O)c2)cccc1-c1nn(C)c2cnc(NC(=O)C3CC3)cc12. The number of benzene rings is 1. The number of carbonyl (C=O) groups is 2. The third-order valence-electron chi connectivity index (χ3n) is 6.90. The number of amides is 2. The molecule has 1 aliphatic heterocycles. The third-order valence-corrected chi connectivity index (χ3v) is 6.90. The van der Waals surface area contributed by atoms with Crippen molar-refractivity contribution < 1.29 is 14.3 Å². The highest BCUT2D eigenvalue weighted by atomic mass is 16.5. The first-order chi connectivity index (χ1) is 17.5. The number of rotatable bonds is 6. The molecule has 1 aromatic carbocycles. The molecule has 6 rings (SSSR count). The van der Waals surface area contributed by atoms with Gasteiger partial charge in [-0.1, -0.05) is 12.1 Å². The largest absolute Gasteiger partial charge is 0.495 e. The number of ether oxygens (including phenoxy) is 1. The van der Waals surface area contributed by atoms with Gasteiger partial charge >= 0.3 is 0 Å². The summed E-state index contributed by atoms with van der Waals surface area (Å²) in [5, 5.41) is 16.0. The Morgan fingerprint density at radius 2 is 2.03 bits per heavy atom. The molecule has 184 valence electrons. The van der Waals surface area contributed by atoms with Crippen molar-refractivity contribution in [3.63, 3.8) is 0 Å². The first-order valence-corrected chi connectivity index (χ1v) is 12.2. The fraction of sp³-hybridized carbons (Fsp3) is 0.346. The maximum absolute atomic E-state index is 12.3. The summed E-state index contributed by atoms with van der Waals surface area (Å²) >= 11 is 0. The van der Waals surface area contributed by atoms with Gasteiger partial charge in [-0.25, -0.2) is 4.98 Å². The number of methoxy groups -OCH3 is 1. The summed E-state index contributed by atoms with van der Waals surface area (Å²) in [6.45, 7) is 0.707. The molecule has 2 fully saturated rings. The van der Waals surface area contributed by atoms with Gasteiger partial charge in [0, 0.05) is 47.8 Å². The summed E-state index contributed by atoms with van der Waals surface area (Å²) in [5.74, 6) is 1.26. The molecule has 2 aliphatic rings. The van der Waals surface area contributed by atoms with Crippen LogP contribution in [0.25, 0.3) is 33.3 Å². The van der Waals surface area contributed by atoms with Crippen molar-refractivity contribution in [3.8, 4) is 28.1 Å². The quantitative estimate of drug-likeness (QED) is 0.433. The minimum atomic E-state index is -0.307. The summed E-state index contributed by atoms with van der Waals surface area (Å²) in [6, 6.07) is 7.45. The van der Waals surface area contributed by atoms with Crippen LogP contribution in [0.5, 0.6) is 5.75 Å². The zero-order chi connectivity index (χ0) is 24.8. The van der Waals surface area contributed by atoms with Gasteiger partial charge in [0.1, 0.15) is 23.3 Å². The third kappa shape index (κ3) is 3.88. The number of piperidine rings is 1. The van der Waals surface area contributed by atoms with Crippen LogP contribution in [0.1, 0.15) is 31.7 Å². The molecule has 0 spiro atoms. The van der Waals surface area contributed by atoms with E-state index in [0.29, 0.717) is 18.1 Å². The fourth-order valence-electron chi connectivity index (χ4n) is 4.82. The van der Waals surface area contributed by atoms with Gasteiger partial charge < -0.3 is 15.4 Å². The number of aromatic nitrogens is 5. The van der Waals surface area contributed by atoms with Crippen LogP contribution >= 0.6 is 0 Å². The number of hydrogen-bond acceptors (Lipinski definition) is 6. The first-order valence-electron chi connectivity index (χ1n) is 12.2. The summed E-state index contributed by atoms with van der Waals surface area (Å²) in [4.78, 5) is 29.0. The highest BCUT2D eigenvalue weighted by Gasteiger charge is 2.30. The van der Waals surface area contributed by atoms with Crippen LogP contribution in [0.3, 0.4) is 0 Å². The number of nitrogens with one attached hydrogen (secondary N) is 2. The lowest BCUT2D eigenvalue weighted by Gasteiger charge is -2.21. The second-order valence-electron chi connectivity index (χ2n) is 9.37. The number of carbonyl (C=O) groups excluding carboxylic acids is 2. The number of aryl methyl sites for hydroxylation is 1. The number of hydrogen-bond donors (Lipinski definition) is 2. The van der Waals surface area contributed by atoms with Gasteiger partial charge in [-0.3, -0.25) is 19.0 Å². The van der Waals surface area contributed by atoms with Crippen molar-refractivity contribution in [1.29, 1.82) is 0 Å². The molecule has 0 bridgehead atoms. The Kier molecular flexibility index (Phi) is 5.43. The summed E-state index contributed by atoms with van der Waals surface area (Å²) < 4.78 is 9.41. The van der Waals surface area contributed by atoms with Gasteiger partial charge in [-0.05, 0) is 37.8 Å². The lowest BCUT2D eigenvalue weighted by molar-refractivity contribution is -0.126. The van der Waals surface area contributed by atoms with E-state index in [1.165, 1.54) is 0 Å². The van der Waals surface area contributed by atoms with Crippen molar-refractivity contribution in [1.82, 2.24) is 29.9 Å². The van der Waals surface area contributed by atoms with Crippen LogP contribution in [0.2, 0.25) is 0 Å². The fourth-order valence-corrected chi connectivity index (χ4v) is 4.82. The van der Waals surface area contributed by atoms with Crippen molar-refractivity contribution >= 4 is 28.5 Å². The Morgan fingerprint density at radius 3 is 2.81 bits per heavy atom.